The second-order valence-corrected chi connectivity index (χ2v) is 10.4. The molecule has 2 heterocycles. The van der Waals surface area contributed by atoms with E-state index in [0.29, 0.717) is 0 Å². The molecule has 1 aromatic carbocycles. The summed E-state index contributed by atoms with van der Waals surface area (Å²) in [5.74, 6) is 1.74. The van der Waals surface area contributed by atoms with E-state index in [1.54, 1.807) is 0 Å². The molecule has 4 nitrogen and oxygen atoms in total. The van der Waals surface area contributed by atoms with Crippen molar-refractivity contribution < 1.29 is 8.97 Å². The van der Waals surface area contributed by atoms with E-state index < -0.39 is 11.4 Å². The molecule has 3 rings (SSSR count). The van der Waals surface area contributed by atoms with Gasteiger partial charge in [-0.2, -0.15) is 0 Å². The zero-order valence-corrected chi connectivity index (χ0v) is 18.0. The van der Waals surface area contributed by atoms with Gasteiger partial charge in [-0.3, -0.25) is 0 Å². The summed E-state index contributed by atoms with van der Waals surface area (Å²) >= 11 is -1.21. The third kappa shape index (κ3) is 4.71. The minimum atomic E-state index is -1.21. The molecule has 1 aromatic heterocycles. The van der Waals surface area contributed by atoms with Gasteiger partial charge in [0.2, 0.25) is 0 Å². The first-order chi connectivity index (χ1) is 12.8. The molecule has 0 radical (unpaired) electrons. The Labute approximate surface area is 166 Å². The minimum absolute atomic E-state index is 0.240. The molecule has 5 heteroatoms. The maximum Gasteiger partial charge on any atom is 0.137 e. The van der Waals surface area contributed by atoms with Crippen LogP contribution in [0.2, 0.25) is 0 Å². The maximum absolute atomic E-state index is 12.9. The fourth-order valence-electron chi connectivity index (χ4n) is 3.46. The molecule has 2 unspecified atom stereocenters. The predicted octanol–water partition coefficient (Wildman–Crippen LogP) is 5.03. The van der Waals surface area contributed by atoms with Crippen LogP contribution < -0.4 is 9.62 Å². The van der Waals surface area contributed by atoms with Gasteiger partial charge in [-0.15, -0.1) is 4.72 Å². The first-order valence-corrected chi connectivity index (χ1v) is 11.0. The minimum Gasteiger partial charge on any atom is -0.598 e. The van der Waals surface area contributed by atoms with Crippen LogP contribution >= 0.6 is 0 Å². The molecule has 2 aromatic rings. The van der Waals surface area contributed by atoms with Crippen molar-refractivity contribution in [3.8, 4) is 0 Å². The molecule has 27 heavy (non-hydrogen) atoms. The summed E-state index contributed by atoms with van der Waals surface area (Å²) in [5, 5.41) is 0. The summed E-state index contributed by atoms with van der Waals surface area (Å²) in [6.45, 7) is 12.1. The summed E-state index contributed by atoms with van der Waals surface area (Å²) in [7, 11) is 0. The topological polar surface area (TPSA) is 51.5 Å². The smallest absolute Gasteiger partial charge is 0.137 e. The van der Waals surface area contributed by atoms with Crippen molar-refractivity contribution in [2.75, 3.05) is 18.0 Å². The van der Waals surface area contributed by atoms with Crippen LogP contribution in [0.3, 0.4) is 0 Å². The van der Waals surface area contributed by atoms with E-state index in [1.807, 2.05) is 27.7 Å². The molecule has 1 N–H and O–H groups in total. The maximum atomic E-state index is 12.9. The van der Waals surface area contributed by atoms with Crippen LogP contribution in [-0.2, 0) is 11.4 Å². The van der Waals surface area contributed by atoms with E-state index in [4.69, 9.17) is 4.42 Å². The van der Waals surface area contributed by atoms with Crippen molar-refractivity contribution in [2.24, 2.45) is 0 Å². The Morgan fingerprint density at radius 1 is 1.11 bits per heavy atom. The Balaban J connectivity index is 2.02. The van der Waals surface area contributed by atoms with Gasteiger partial charge in [-0.1, -0.05) is 18.2 Å². The van der Waals surface area contributed by atoms with Crippen LogP contribution in [0.25, 0.3) is 0 Å². The van der Waals surface area contributed by atoms with Gasteiger partial charge in [0.05, 0.1) is 0 Å². The van der Waals surface area contributed by atoms with E-state index in [2.05, 4.69) is 46.9 Å². The average Bonchev–Trinajstić information content (AvgIpc) is 2.98. The van der Waals surface area contributed by atoms with Gasteiger partial charge < -0.3 is 13.9 Å². The number of aryl methyl sites for hydroxylation is 2. The number of nitrogens with one attached hydrogen (secondary N) is 1. The fourth-order valence-corrected chi connectivity index (χ4v) is 4.27. The fraction of sp³-hybridized carbons (Fsp3) is 0.545. The van der Waals surface area contributed by atoms with Crippen LogP contribution in [0.1, 0.15) is 68.7 Å². The van der Waals surface area contributed by atoms with Crippen LogP contribution in [-0.4, -0.2) is 22.4 Å². The number of anilines is 1. The van der Waals surface area contributed by atoms with Gasteiger partial charge >= 0.3 is 0 Å². The van der Waals surface area contributed by atoms with Gasteiger partial charge in [0.1, 0.15) is 22.3 Å². The Bertz CT molecular complexity index is 740. The molecular formula is C22H32N2O2S. The normalized spacial score (nSPS) is 17.8. The molecule has 1 saturated heterocycles. The van der Waals surface area contributed by atoms with Crippen LogP contribution in [0, 0.1) is 13.8 Å². The molecular weight excluding hydrogens is 356 g/mol. The Hall–Kier alpha value is -1.43. The molecule has 1 aliphatic heterocycles. The van der Waals surface area contributed by atoms with Gasteiger partial charge in [-0.05, 0) is 71.6 Å². The molecule has 0 amide bonds. The van der Waals surface area contributed by atoms with Crippen molar-refractivity contribution in [2.45, 2.75) is 64.7 Å². The number of para-hydroxylation sites is 1. The zero-order valence-electron chi connectivity index (χ0n) is 17.2. The molecule has 0 spiro atoms. The molecule has 1 fully saturated rings. The lowest BCUT2D eigenvalue weighted by molar-refractivity contribution is 0.446. The third-order valence-corrected chi connectivity index (χ3v) is 6.76. The second-order valence-electron chi connectivity index (χ2n) is 8.43. The number of furan rings is 1. The van der Waals surface area contributed by atoms with Gasteiger partial charge in [0, 0.05) is 35.7 Å². The lowest BCUT2D eigenvalue weighted by atomic mass is 10.0. The number of benzene rings is 1. The van der Waals surface area contributed by atoms with E-state index in [1.165, 1.54) is 24.9 Å². The lowest BCUT2D eigenvalue weighted by Gasteiger charge is -2.33. The summed E-state index contributed by atoms with van der Waals surface area (Å²) in [6.07, 6.45) is 3.74. The van der Waals surface area contributed by atoms with Crippen molar-refractivity contribution >= 4 is 17.0 Å². The quantitative estimate of drug-likeness (QED) is 0.730. The Kier molecular flexibility index (Phi) is 6.24. The standard InChI is InChI=1S/C22H32N2O2S/c1-16-15-20(26-17(16)2)21(23-27(25)22(3,4)5)18-11-7-8-12-19(18)24-13-9-6-10-14-24/h7-8,11-12,15,21,23H,6,9-10,13-14H2,1-5H3. The van der Waals surface area contributed by atoms with Crippen LogP contribution in [0.4, 0.5) is 5.69 Å². The lowest BCUT2D eigenvalue weighted by Crippen LogP contribution is -2.42. The Morgan fingerprint density at radius 3 is 2.37 bits per heavy atom. The highest BCUT2D eigenvalue weighted by atomic mass is 32.2. The van der Waals surface area contributed by atoms with Crippen molar-refractivity contribution in [3.05, 3.63) is 53.0 Å². The highest BCUT2D eigenvalue weighted by molar-refractivity contribution is 7.90. The number of piperidine rings is 1. The number of hydrogen-bond acceptors (Lipinski definition) is 4. The monoisotopic (exact) mass is 388 g/mol. The molecule has 148 valence electrons. The molecule has 0 saturated carbocycles. The average molecular weight is 389 g/mol. The number of nitrogens with zero attached hydrogens (tertiary/aromatic N) is 1. The van der Waals surface area contributed by atoms with Crippen molar-refractivity contribution in [3.63, 3.8) is 0 Å². The van der Waals surface area contributed by atoms with Crippen molar-refractivity contribution in [1.29, 1.82) is 0 Å². The molecule has 2 atom stereocenters. The number of rotatable bonds is 5. The van der Waals surface area contributed by atoms with Gasteiger partial charge in [0.15, 0.2) is 0 Å². The Morgan fingerprint density at radius 2 is 1.78 bits per heavy atom. The van der Waals surface area contributed by atoms with Crippen LogP contribution in [0.5, 0.6) is 0 Å². The van der Waals surface area contributed by atoms with E-state index >= 15 is 0 Å². The van der Waals surface area contributed by atoms with E-state index in [9.17, 15) is 4.55 Å². The predicted molar refractivity (Wildman–Crippen MR) is 114 cm³/mol. The summed E-state index contributed by atoms with van der Waals surface area (Å²) in [4.78, 5) is 2.45. The summed E-state index contributed by atoms with van der Waals surface area (Å²) in [5.41, 5.74) is 3.46. The first-order valence-electron chi connectivity index (χ1n) is 9.86. The molecule has 0 aliphatic carbocycles. The second kappa shape index (κ2) is 8.29. The van der Waals surface area contributed by atoms with E-state index in [-0.39, 0.29) is 10.8 Å². The largest absolute Gasteiger partial charge is 0.598 e. The van der Waals surface area contributed by atoms with Crippen LogP contribution in [0.15, 0.2) is 34.7 Å². The number of hydrogen-bond donors (Lipinski definition) is 1. The highest BCUT2D eigenvalue weighted by Gasteiger charge is 2.33. The summed E-state index contributed by atoms with van der Waals surface area (Å²) < 4.78 is 22.0. The highest BCUT2D eigenvalue weighted by Crippen LogP contribution is 2.35. The van der Waals surface area contributed by atoms with Gasteiger partial charge in [-0.25, -0.2) is 0 Å². The van der Waals surface area contributed by atoms with Crippen molar-refractivity contribution in [1.82, 2.24) is 4.72 Å². The first kappa shape index (κ1) is 20.3. The molecule has 0 bridgehead atoms. The van der Waals surface area contributed by atoms with Gasteiger partial charge in [0.25, 0.3) is 0 Å². The zero-order chi connectivity index (χ0) is 19.6. The van der Waals surface area contributed by atoms with E-state index in [0.717, 1.165) is 35.7 Å². The SMILES string of the molecule is Cc1cc(C(N[S+]([O-])C(C)(C)C)c2ccccc2N2CCCCC2)oc1C. The molecule has 1 aliphatic rings. The third-order valence-electron chi connectivity index (χ3n) is 5.20. The summed E-state index contributed by atoms with van der Waals surface area (Å²) in [6, 6.07) is 10.3.